The molecule has 0 aliphatic heterocycles. The third-order valence-electron chi connectivity index (χ3n) is 4.16. The van der Waals surface area contributed by atoms with E-state index in [1.807, 2.05) is 6.07 Å². The number of hydrogen-bond acceptors (Lipinski definition) is 3. The number of hydrogen-bond donors (Lipinski definition) is 3. The van der Waals surface area contributed by atoms with Gasteiger partial charge in [0.05, 0.1) is 0 Å². The lowest BCUT2D eigenvalue weighted by molar-refractivity contribution is 0.0894. The van der Waals surface area contributed by atoms with Crippen molar-refractivity contribution in [3.05, 3.63) is 17.5 Å². The molecule has 1 aliphatic carbocycles. The minimum atomic E-state index is -0.140. The summed E-state index contributed by atoms with van der Waals surface area (Å²) in [6, 6.07) is 1.87. The summed E-state index contributed by atoms with van der Waals surface area (Å²) < 4.78 is 0. The molecule has 2 rings (SSSR count). The first-order valence-electron chi connectivity index (χ1n) is 7.59. The van der Waals surface area contributed by atoms with Crippen LogP contribution in [0.1, 0.15) is 68.1 Å². The van der Waals surface area contributed by atoms with Gasteiger partial charge in [0.25, 0.3) is 5.91 Å². The maximum Gasteiger partial charge on any atom is 0.272 e. The number of carbonyl (C=O) groups is 1. The molecular weight excluding hydrogens is 254 g/mol. The molecule has 5 nitrogen and oxygen atoms in total. The van der Waals surface area contributed by atoms with Gasteiger partial charge in [0.15, 0.2) is 0 Å². The van der Waals surface area contributed by atoms with E-state index in [2.05, 4.69) is 29.4 Å². The van der Waals surface area contributed by atoms with Crippen molar-refractivity contribution < 1.29 is 9.90 Å². The number of rotatable bonds is 4. The quantitative estimate of drug-likeness (QED) is 0.739. The number of H-pyrrole nitrogens is 1. The monoisotopic (exact) mass is 279 g/mol. The molecule has 1 saturated carbocycles. The van der Waals surface area contributed by atoms with Crippen molar-refractivity contribution in [1.29, 1.82) is 0 Å². The van der Waals surface area contributed by atoms with Crippen LogP contribution >= 0.6 is 0 Å². The largest absolute Gasteiger partial charge is 0.396 e. The van der Waals surface area contributed by atoms with E-state index < -0.39 is 0 Å². The van der Waals surface area contributed by atoms with E-state index in [4.69, 9.17) is 0 Å². The highest BCUT2D eigenvalue weighted by Gasteiger charge is 2.25. The molecule has 0 radical (unpaired) electrons. The Labute approximate surface area is 120 Å². The van der Waals surface area contributed by atoms with Gasteiger partial charge in [-0.05, 0) is 24.8 Å². The van der Waals surface area contributed by atoms with Gasteiger partial charge in [-0.3, -0.25) is 9.89 Å². The number of aromatic nitrogens is 2. The van der Waals surface area contributed by atoms with E-state index in [1.54, 1.807) is 0 Å². The summed E-state index contributed by atoms with van der Waals surface area (Å²) in [5.74, 6) is 0.357. The zero-order valence-corrected chi connectivity index (χ0v) is 12.4. The first-order chi connectivity index (χ1) is 9.61. The van der Waals surface area contributed by atoms with Gasteiger partial charge < -0.3 is 10.4 Å². The molecule has 1 aromatic rings. The van der Waals surface area contributed by atoms with Gasteiger partial charge in [0.2, 0.25) is 0 Å². The first kappa shape index (κ1) is 15.0. The molecule has 2 atom stereocenters. The molecule has 112 valence electrons. The zero-order valence-electron chi connectivity index (χ0n) is 12.4. The highest BCUT2D eigenvalue weighted by atomic mass is 16.3. The number of amides is 1. The predicted octanol–water partition coefficient (Wildman–Crippen LogP) is 2.20. The number of aliphatic hydroxyl groups excluding tert-OH is 1. The van der Waals surface area contributed by atoms with Crippen LogP contribution in [-0.4, -0.2) is 33.9 Å². The van der Waals surface area contributed by atoms with Crippen molar-refractivity contribution in [2.45, 2.75) is 57.9 Å². The van der Waals surface area contributed by atoms with Crippen molar-refractivity contribution >= 4 is 5.91 Å². The van der Waals surface area contributed by atoms with Crippen LogP contribution in [0.3, 0.4) is 0 Å². The third-order valence-corrected chi connectivity index (χ3v) is 4.16. The van der Waals surface area contributed by atoms with E-state index in [0.29, 0.717) is 11.6 Å². The molecular formula is C15H25N3O2. The molecule has 0 saturated heterocycles. The fraction of sp³-hybridized carbons (Fsp3) is 0.733. The summed E-state index contributed by atoms with van der Waals surface area (Å²) in [4.78, 5) is 12.2. The lowest BCUT2D eigenvalue weighted by Crippen LogP contribution is -2.41. The van der Waals surface area contributed by atoms with Crippen LogP contribution in [0, 0.1) is 5.92 Å². The molecule has 2 unspecified atom stereocenters. The second-order valence-electron chi connectivity index (χ2n) is 6.02. The summed E-state index contributed by atoms with van der Waals surface area (Å²) in [6.45, 7) is 4.26. The molecule has 0 bridgehead atoms. The second-order valence-corrected chi connectivity index (χ2v) is 6.02. The Kier molecular flexibility index (Phi) is 5.17. The SMILES string of the molecule is CC(C)c1cc(C(=O)NC2CCCCCC2CO)n[nH]1. The van der Waals surface area contributed by atoms with Gasteiger partial charge >= 0.3 is 0 Å². The lowest BCUT2D eigenvalue weighted by Gasteiger charge is -2.24. The fourth-order valence-corrected chi connectivity index (χ4v) is 2.78. The molecule has 5 heteroatoms. The van der Waals surface area contributed by atoms with Crippen LogP contribution in [0.4, 0.5) is 0 Å². The summed E-state index contributed by atoms with van der Waals surface area (Å²) >= 11 is 0. The number of nitrogens with one attached hydrogen (secondary N) is 2. The lowest BCUT2D eigenvalue weighted by atomic mass is 9.95. The van der Waals surface area contributed by atoms with Crippen LogP contribution in [0.2, 0.25) is 0 Å². The van der Waals surface area contributed by atoms with Gasteiger partial charge in [-0.15, -0.1) is 0 Å². The summed E-state index contributed by atoms with van der Waals surface area (Å²) in [5, 5.41) is 19.5. The van der Waals surface area contributed by atoms with Crippen molar-refractivity contribution in [3.63, 3.8) is 0 Å². The smallest absolute Gasteiger partial charge is 0.272 e. The van der Waals surface area contributed by atoms with E-state index in [1.165, 1.54) is 6.42 Å². The second kappa shape index (κ2) is 6.88. The van der Waals surface area contributed by atoms with Crippen molar-refractivity contribution in [1.82, 2.24) is 15.5 Å². The summed E-state index contributed by atoms with van der Waals surface area (Å²) in [5.41, 5.74) is 1.41. The van der Waals surface area contributed by atoms with Crippen molar-refractivity contribution in [2.75, 3.05) is 6.61 Å². The van der Waals surface area contributed by atoms with Crippen LogP contribution in [0.15, 0.2) is 6.07 Å². The van der Waals surface area contributed by atoms with Crippen molar-refractivity contribution in [2.24, 2.45) is 5.92 Å². The van der Waals surface area contributed by atoms with Gasteiger partial charge in [0.1, 0.15) is 5.69 Å². The Morgan fingerprint density at radius 3 is 2.85 bits per heavy atom. The van der Waals surface area contributed by atoms with Gasteiger partial charge in [-0.25, -0.2) is 0 Å². The minimum absolute atomic E-state index is 0.0641. The molecule has 1 aromatic heterocycles. The third kappa shape index (κ3) is 3.60. The van der Waals surface area contributed by atoms with Gasteiger partial charge in [0, 0.05) is 24.3 Å². The maximum absolute atomic E-state index is 12.2. The summed E-state index contributed by atoms with van der Waals surface area (Å²) in [7, 11) is 0. The highest BCUT2D eigenvalue weighted by molar-refractivity contribution is 5.92. The van der Waals surface area contributed by atoms with Crippen LogP contribution in [-0.2, 0) is 0 Å². The molecule has 3 N–H and O–H groups in total. The zero-order chi connectivity index (χ0) is 14.5. The molecule has 1 fully saturated rings. The molecule has 0 aromatic carbocycles. The van der Waals surface area contributed by atoms with E-state index >= 15 is 0 Å². The molecule has 1 aliphatic rings. The Hall–Kier alpha value is -1.36. The predicted molar refractivity (Wildman–Crippen MR) is 77.6 cm³/mol. The van der Waals surface area contributed by atoms with E-state index in [0.717, 1.165) is 31.4 Å². The average Bonchev–Trinajstić information content (AvgIpc) is 2.82. The Morgan fingerprint density at radius 2 is 2.20 bits per heavy atom. The average molecular weight is 279 g/mol. The Morgan fingerprint density at radius 1 is 1.45 bits per heavy atom. The van der Waals surface area contributed by atoms with Crippen LogP contribution < -0.4 is 5.32 Å². The number of carbonyl (C=O) groups excluding carboxylic acids is 1. The number of aliphatic hydroxyl groups is 1. The first-order valence-corrected chi connectivity index (χ1v) is 7.59. The number of nitrogens with zero attached hydrogens (tertiary/aromatic N) is 1. The summed E-state index contributed by atoms with van der Waals surface area (Å²) in [6.07, 6.45) is 5.36. The minimum Gasteiger partial charge on any atom is -0.396 e. The Bertz CT molecular complexity index is 442. The molecule has 1 amide bonds. The Balaban J connectivity index is 2.01. The standard InChI is InChI=1S/C15H25N3O2/c1-10(2)13-8-14(18-17-13)15(20)16-12-7-5-3-4-6-11(12)9-19/h8,10-12,19H,3-7,9H2,1-2H3,(H,16,20)(H,17,18). The molecule has 20 heavy (non-hydrogen) atoms. The van der Waals surface area contributed by atoms with Gasteiger partial charge in [-0.2, -0.15) is 5.10 Å². The topological polar surface area (TPSA) is 78.0 Å². The fourth-order valence-electron chi connectivity index (χ4n) is 2.78. The van der Waals surface area contributed by atoms with E-state index in [9.17, 15) is 9.90 Å². The van der Waals surface area contributed by atoms with Crippen molar-refractivity contribution in [3.8, 4) is 0 Å². The van der Waals surface area contributed by atoms with E-state index in [-0.39, 0.29) is 24.5 Å². The van der Waals surface area contributed by atoms with Crippen LogP contribution in [0.25, 0.3) is 0 Å². The van der Waals surface area contributed by atoms with Gasteiger partial charge in [-0.1, -0.05) is 33.1 Å². The molecule has 0 spiro atoms. The molecule has 1 heterocycles. The highest BCUT2D eigenvalue weighted by Crippen LogP contribution is 2.23. The number of aromatic amines is 1. The van der Waals surface area contributed by atoms with Crippen LogP contribution in [0.5, 0.6) is 0 Å². The maximum atomic E-state index is 12.2. The normalized spacial score (nSPS) is 23.6.